The first kappa shape index (κ1) is 27.8. The van der Waals surface area contributed by atoms with Gasteiger partial charge >= 0.3 is 0 Å². The second-order valence-electron chi connectivity index (χ2n) is 9.71. The minimum Gasteiger partial charge on any atom is -0.494 e. The van der Waals surface area contributed by atoms with Gasteiger partial charge < -0.3 is 29.7 Å². The first-order chi connectivity index (χ1) is 19.5. The average Bonchev–Trinajstić information content (AvgIpc) is 2.99. The summed E-state index contributed by atoms with van der Waals surface area (Å²) in [5, 5.41) is 6.36. The molecule has 2 aromatic carbocycles. The number of hydrogen-bond acceptors (Lipinski definition) is 9. The minimum atomic E-state index is -0.880. The highest BCUT2D eigenvalue weighted by Crippen LogP contribution is 2.32. The molecule has 2 fully saturated rings. The van der Waals surface area contributed by atoms with Gasteiger partial charge in [-0.2, -0.15) is 0 Å². The summed E-state index contributed by atoms with van der Waals surface area (Å²) in [6, 6.07) is 6.67. The number of anilines is 3. The van der Waals surface area contributed by atoms with Gasteiger partial charge in [0.1, 0.15) is 12.4 Å². The van der Waals surface area contributed by atoms with Crippen LogP contribution in [0.2, 0.25) is 0 Å². The van der Waals surface area contributed by atoms with E-state index >= 15 is 4.39 Å². The summed E-state index contributed by atoms with van der Waals surface area (Å²) >= 11 is 0. The van der Waals surface area contributed by atoms with E-state index in [-0.39, 0.29) is 34.6 Å². The summed E-state index contributed by atoms with van der Waals surface area (Å²) in [5.74, 6) is -1.99. The molecular weight excluding hydrogens is 525 g/mol. The number of halogens is 3. The summed E-state index contributed by atoms with van der Waals surface area (Å²) in [6.45, 7) is 5.41. The molecule has 5 rings (SSSR count). The normalized spacial score (nSPS) is 16.6. The molecule has 0 saturated carbocycles. The van der Waals surface area contributed by atoms with Gasteiger partial charge in [-0.25, -0.2) is 23.1 Å². The van der Waals surface area contributed by atoms with Gasteiger partial charge in [0.05, 0.1) is 37.9 Å². The molecule has 214 valence electrons. The number of piperidine rings is 1. The van der Waals surface area contributed by atoms with Crippen LogP contribution in [-0.2, 0) is 6.61 Å². The van der Waals surface area contributed by atoms with Crippen LogP contribution >= 0.6 is 0 Å². The molecule has 0 unspecified atom stereocenters. The Morgan fingerprint density at radius 3 is 2.17 bits per heavy atom. The first-order valence-corrected chi connectivity index (χ1v) is 13.3. The van der Waals surface area contributed by atoms with E-state index in [2.05, 4.69) is 30.4 Å². The van der Waals surface area contributed by atoms with Crippen molar-refractivity contribution in [1.82, 2.24) is 20.2 Å². The van der Waals surface area contributed by atoms with Crippen molar-refractivity contribution in [2.45, 2.75) is 25.5 Å². The number of piperazine rings is 1. The fourth-order valence-electron chi connectivity index (χ4n) is 5.16. The van der Waals surface area contributed by atoms with E-state index in [4.69, 9.17) is 14.2 Å². The predicted molar refractivity (Wildman–Crippen MR) is 145 cm³/mol. The quantitative estimate of drug-likeness (QED) is 0.403. The van der Waals surface area contributed by atoms with Gasteiger partial charge in [0.25, 0.3) is 0 Å². The second kappa shape index (κ2) is 12.6. The van der Waals surface area contributed by atoms with Gasteiger partial charge in [-0.15, -0.1) is 0 Å². The van der Waals surface area contributed by atoms with Gasteiger partial charge in [-0.3, -0.25) is 4.90 Å². The highest BCUT2D eigenvalue weighted by atomic mass is 19.1. The molecule has 12 heteroatoms. The number of nitrogens with one attached hydrogen (secondary N) is 2. The molecule has 3 aromatic rings. The lowest BCUT2D eigenvalue weighted by Gasteiger charge is -2.41. The van der Waals surface area contributed by atoms with Gasteiger partial charge in [0.2, 0.25) is 5.95 Å². The molecule has 0 aliphatic carbocycles. The Kier molecular flexibility index (Phi) is 8.75. The first-order valence-electron chi connectivity index (χ1n) is 13.3. The van der Waals surface area contributed by atoms with Crippen LogP contribution in [0.15, 0.2) is 36.7 Å². The number of nitrogens with zero attached hydrogens (tertiary/aromatic N) is 4. The van der Waals surface area contributed by atoms with Crippen LogP contribution in [0, 0.1) is 17.5 Å². The van der Waals surface area contributed by atoms with E-state index in [1.165, 1.54) is 32.7 Å². The van der Waals surface area contributed by atoms with Crippen LogP contribution in [0.5, 0.6) is 17.2 Å². The largest absolute Gasteiger partial charge is 0.494 e. The lowest BCUT2D eigenvalue weighted by atomic mass is 10.0. The zero-order valence-electron chi connectivity index (χ0n) is 22.6. The maximum atomic E-state index is 15.0. The Morgan fingerprint density at radius 2 is 1.57 bits per heavy atom. The smallest absolute Gasteiger partial charge is 0.227 e. The number of methoxy groups -OCH3 is 2. The molecule has 9 nitrogen and oxygen atoms in total. The van der Waals surface area contributed by atoms with Crippen LogP contribution < -0.4 is 29.7 Å². The van der Waals surface area contributed by atoms with Gasteiger partial charge in [-0.1, -0.05) is 0 Å². The monoisotopic (exact) mass is 558 g/mol. The van der Waals surface area contributed by atoms with Crippen LogP contribution in [0.3, 0.4) is 0 Å². The Morgan fingerprint density at radius 1 is 0.925 bits per heavy atom. The Hall–Kier alpha value is -3.77. The van der Waals surface area contributed by atoms with Crippen molar-refractivity contribution in [2.24, 2.45) is 0 Å². The highest BCUT2D eigenvalue weighted by molar-refractivity contribution is 5.60. The van der Waals surface area contributed by atoms with E-state index in [0.29, 0.717) is 17.4 Å². The fraction of sp³-hybridized carbons (Fsp3) is 0.429. The van der Waals surface area contributed by atoms with E-state index in [0.717, 1.165) is 58.2 Å². The molecule has 0 amide bonds. The molecule has 3 heterocycles. The van der Waals surface area contributed by atoms with Crippen molar-refractivity contribution in [3.63, 3.8) is 0 Å². The van der Waals surface area contributed by atoms with E-state index in [9.17, 15) is 8.78 Å². The third-order valence-electron chi connectivity index (χ3n) is 7.35. The molecule has 1 aromatic heterocycles. The molecule has 0 bridgehead atoms. The van der Waals surface area contributed by atoms with Crippen LogP contribution in [0.1, 0.15) is 18.4 Å². The molecular formula is C28H33F3N6O3. The fourth-order valence-corrected chi connectivity index (χ4v) is 5.16. The SMILES string of the molecule is COc1cc(OC)c(F)c(COc2cnc(Nc3ccc(N4CCC(N5CCNCC5)CC4)c(F)c3)nc2)c1F. The Labute approximate surface area is 231 Å². The third kappa shape index (κ3) is 6.18. The number of rotatable bonds is 9. The van der Waals surface area contributed by atoms with Crippen molar-refractivity contribution in [2.75, 3.05) is 63.7 Å². The molecule has 0 spiro atoms. The van der Waals surface area contributed by atoms with Crippen LogP contribution in [-0.4, -0.2) is 74.4 Å². The third-order valence-corrected chi connectivity index (χ3v) is 7.35. The van der Waals surface area contributed by atoms with Crippen LogP contribution in [0.4, 0.5) is 30.5 Å². The molecule has 2 N–H and O–H groups in total. The van der Waals surface area contributed by atoms with Crippen molar-refractivity contribution >= 4 is 17.3 Å². The standard InChI is InChI=1S/C28H33F3N6O3/c1-38-24-14-25(39-2)27(31)21(26(24)30)17-40-20-15-33-28(34-16-20)35-18-3-4-23(22(29)13-18)37-9-5-19(6-10-37)36-11-7-32-8-12-36/h3-4,13-16,19,32H,5-12,17H2,1-2H3,(H,33,34,35). The van der Waals surface area contributed by atoms with Crippen molar-refractivity contribution in [1.29, 1.82) is 0 Å². The number of benzene rings is 2. The number of aromatic nitrogens is 2. The highest BCUT2D eigenvalue weighted by Gasteiger charge is 2.27. The molecule has 2 saturated heterocycles. The molecule has 0 radical (unpaired) electrons. The molecule has 0 atom stereocenters. The summed E-state index contributed by atoms with van der Waals surface area (Å²) in [6.07, 6.45) is 4.75. The van der Waals surface area contributed by atoms with Crippen LogP contribution in [0.25, 0.3) is 0 Å². The summed E-state index contributed by atoms with van der Waals surface area (Å²) in [4.78, 5) is 13.0. The Bertz CT molecular complexity index is 1270. The second-order valence-corrected chi connectivity index (χ2v) is 9.71. The number of hydrogen-bond donors (Lipinski definition) is 2. The summed E-state index contributed by atoms with van der Waals surface area (Å²) in [7, 11) is 2.55. The molecule has 40 heavy (non-hydrogen) atoms. The zero-order valence-corrected chi connectivity index (χ0v) is 22.6. The predicted octanol–water partition coefficient (Wildman–Crippen LogP) is 4.11. The minimum absolute atomic E-state index is 0.161. The van der Waals surface area contributed by atoms with Crippen molar-refractivity contribution < 1.29 is 27.4 Å². The maximum absolute atomic E-state index is 15.0. The van der Waals surface area contributed by atoms with E-state index in [1.54, 1.807) is 12.1 Å². The maximum Gasteiger partial charge on any atom is 0.227 e. The van der Waals surface area contributed by atoms with Gasteiger partial charge in [-0.05, 0) is 31.0 Å². The van der Waals surface area contributed by atoms with Crippen molar-refractivity contribution in [3.05, 3.63) is 59.7 Å². The van der Waals surface area contributed by atoms with Crippen molar-refractivity contribution in [3.8, 4) is 17.2 Å². The topological polar surface area (TPSA) is 84.0 Å². The van der Waals surface area contributed by atoms with Gasteiger partial charge in [0.15, 0.2) is 28.9 Å². The number of ether oxygens (including phenoxy) is 3. The molecule has 2 aliphatic heterocycles. The summed E-state index contributed by atoms with van der Waals surface area (Å²) in [5.41, 5.74) is 0.739. The van der Waals surface area contributed by atoms with E-state index < -0.39 is 18.2 Å². The lowest BCUT2D eigenvalue weighted by molar-refractivity contribution is 0.150. The van der Waals surface area contributed by atoms with E-state index in [1.807, 2.05) is 0 Å². The average molecular weight is 559 g/mol. The lowest BCUT2D eigenvalue weighted by Crippen LogP contribution is -2.52. The van der Waals surface area contributed by atoms with Gasteiger partial charge in [0, 0.05) is 57.1 Å². The summed E-state index contributed by atoms with van der Waals surface area (Å²) < 4.78 is 59.5. The zero-order chi connectivity index (χ0) is 28.1. The molecule has 2 aliphatic rings. The Balaban J connectivity index is 1.17.